The maximum atomic E-state index is 11.7. The van der Waals surface area contributed by atoms with Crippen LogP contribution in [0.1, 0.15) is 29.9 Å². The lowest BCUT2D eigenvalue weighted by Crippen LogP contribution is -2.18. The Kier molecular flexibility index (Phi) is 4.05. The minimum Gasteiger partial charge on any atom is -0.468 e. The van der Waals surface area contributed by atoms with E-state index in [9.17, 15) is 4.79 Å². The Balaban J connectivity index is 1.93. The molecule has 4 nitrogen and oxygen atoms in total. The first kappa shape index (κ1) is 14.9. The molecule has 0 aliphatic heterocycles. The summed E-state index contributed by atoms with van der Waals surface area (Å²) in [5.74, 6) is 0.848. The van der Waals surface area contributed by atoms with Gasteiger partial charge in [0.25, 0.3) is 0 Å². The lowest BCUT2D eigenvalue weighted by atomic mass is 10.1. The first-order valence-electron chi connectivity index (χ1n) is 7.04. The molecule has 0 radical (unpaired) electrons. The first-order valence-corrected chi connectivity index (χ1v) is 7.42. The van der Waals surface area contributed by atoms with Crippen LogP contribution >= 0.6 is 11.6 Å². The summed E-state index contributed by atoms with van der Waals surface area (Å²) in [5, 5.41) is 4.83. The maximum absolute atomic E-state index is 11.7. The van der Waals surface area contributed by atoms with Crippen LogP contribution < -0.4 is 10.9 Å². The van der Waals surface area contributed by atoms with Crippen LogP contribution in [0, 0.1) is 6.92 Å². The minimum absolute atomic E-state index is 0.0400. The predicted octanol–water partition coefficient (Wildman–Crippen LogP) is 4.20. The minimum atomic E-state index is -0.364. The third-order valence-electron chi connectivity index (χ3n) is 3.68. The molecule has 3 rings (SSSR count). The molecule has 0 aliphatic rings. The molecular weight excluding hydrogens is 302 g/mol. The quantitative estimate of drug-likeness (QED) is 0.733. The standard InChI is InChI=1S/C17H16ClNO3/c1-10-6-16-13(8-14(10)18)12(7-17(20)22-16)9-19-11(2)15-4-3-5-21-15/h3-8,11,19H,9H2,1-2H3/t11-/m1/s1. The molecular formula is C17H16ClNO3. The van der Waals surface area contributed by atoms with Gasteiger partial charge in [-0.25, -0.2) is 4.79 Å². The van der Waals surface area contributed by atoms with E-state index in [0.717, 1.165) is 22.3 Å². The van der Waals surface area contributed by atoms with Gasteiger partial charge in [-0.2, -0.15) is 0 Å². The first-order chi connectivity index (χ1) is 10.5. The zero-order chi connectivity index (χ0) is 15.7. The second-order valence-electron chi connectivity index (χ2n) is 5.31. The number of furan rings is 1. The van der Waals surface area contributed by atoms with E-state index >= 15 is 0 Å². The summed E-state index contributed by atoms with van der Waals surface area (Å²) < 4.78 is 10.6. The van der Waals surface area contributed by atoms with Gasteiger partial charge in [-0.3, -0.25) is 0 Å². The van der Waals surface area contributed by atoms with Crippen molar-refractivity contribution in [3.63, 3.8) is 0 Å². The Morgan fingerprint density at radius 3 is 2.86 bits per heavy atom. The molecule has 0 saturated heterocycles. The van der Waals surface area contributed by atoms with Crippen LogP contribution in [0.15, 0.2) is 50.2 Å². The summed E-state index contributed by atoms with van der Waals surface area (Å²) in [4.78, 5) is 11.7. The summed E-state index contributed by atoms with van der Waals surface area (Å²) in [6.45, 7) is 4.40. The normalized spacial score (nSPS) is 12.7. The number of fused-ring (bicyclic) bond motifs is 1. The van der Waals surface area contributed by atoms with Crippen molar-refractivity contribution in [2.45, 2.75) is 26.4 Å². The van der Waals surface area contributed by atoms with Gasteiger partial charge in [-0.05, 0) is 49.2 Å². The maximum Gasteiger partial charge on any atom is 0.336 e. The Labute approximate surface area is 132 Å². The third-order valence-corrected chi connectivity index (χ3v) is 4.09. The topological polar surface area (TPSA) is 55.4 Å². The molecule has 0 unspecified atom stereocenters. The molecule has 3 aromatic rings. The zero-order valence-electron chi connectivity index (χ0n) is 12.4. The summed E-state index contributed by atoms with van der Waals surface area (Å²) in [6, 6.07) is 8.93. The molecule has 2 heterocycles. The van der Waals surface area contributed by atoms with E-state index in [0.29, 0.717) is 17.2 Å². The molecule has 0 fully saturated rings. The van der Waals surface area contributed by atoms with Gasteiger partial charge in [0.05, 0.1) is 12.3 Å². The second kappa shape index (κ2) is 5.99. The fourth-order valence-electron chi connectivity index (χ4n) is 2.40. The monoisotopic (exact) mass is 317 g/mol. The van der Waals surface area contributed by atoms with Crippen molar-refractivity contribution in [1.29, 1.82) is 0 Å². The highest BCUT2D eigenvalue weighted by Gasteiger charge is 2.11. The van der Waals surface area contributed by atoms with E-state index in [1.165, 1.54) is 6.07 Å². The van der Waals surface area contributed by atoms with E-state index in [1.807, 2.05) is 32.0 Å². The van der Waals surface area contributed by atoms with Gasteiger partial charge in [-0.15, -0.1) is 0 Å². The van der Waals surface area contributed by atoms with E-state index in [-0.39, 0.29) is 11.7 Å². The highest BCUT2D eigenvalue weighted by Crippen LogP contribution is 2.25. The van der Waals surface area contributed by atoms with Crippen molar-refractivity contribution < 1.29 is 8.83 Å². The van der Waals surface area contributed by atoms with Crippen LogP contribution in [0.4, 0.5) is 0 Å². The molecule has 2 aromatic heterocycles. The predicted molar refractivity (Wildman–Crippen MR) is 86.2 cm³/mol. The average molecular weight is 318 g/mol. The number of hydrogen-bond acceptors (Lipinski definition) is 4. The zero-order valence-corrected chi connectivity index (χ0v) is 13.1. The number of benzene rings is 1. The van der Waals surface area contributed by atoms with Gasteiger partial charge in [-0.1, -0.05) is 11.6 Å². The molecule has 114 valence electrons. The molecule has 0 bridgehead atoms. The fourth-order valence-corrected chi connectivity index (χ4v) is 2.56. The lowest BCUT2D eigenvalue weighted by Gasteiger charge is -2.13. The molecule has 0 saturated carbocycles. The summed E-state index contributed by atoms with van der Waals surface area (Å²) >= 11 is 6.19. The smallest absolute Gasteiger partial charge is 0.336 e. The van der Waals surface area contributed by atoms with Crippen molar-refractivity contribution in [1.82, 2.24) is 5.32 Å². The largest absolute Gasteiger partial charge is 0.468 e. The van der Waals surface area contributed by atoms with E-state index in [1.54, 1.807) is 12.3 Å². The van der Waals surface area contributed by atoms with E-state index < -0.39 is 0 Å². The van der Waals surface area contributed by atoms with Crippen molar-refractivity contribution in [2.24, 2.45) is 0 Å². The van der Waals surface area contributed by atoms with Crippen LogP contribution in [0.25, 0.3) is 11.0 Å². The van der Waals surface area contributed by atoms with Crippen molar-refractivity contribution >= 4 is 22.6 Å². The second-order valence-corrected chi connectivity index (χ2v) is 5.71. The number of hydrogen-bond donors (Lipinski definition) is 1. The van der Waals surface area contributed by atoms with Gasteiger partial charge >= 0.3 is 5.63 Å². The SMILES string of the molecule is Cc1cc2oc(=O)cc(CN[C@H](C)c3ccco3)c2cc1Cl. The lowest BCUT2D eigenvalue weighted by molar-refractivity contribution is 0.430. The Bertz CT molecular complexity index is 852. The van der Waals surface area contributed by atoms with Crippen molar-refractivity contribution in [2.75, 3.05) is 0 Å². The van der Waals surface area contributed by atoms with Gasteiger partial charge in [0.2, 0.25) is 0 Å². The van der Waals surface area contributed by atoms with Gasteiger partial charge in [0, 0.05) is 23.0 Å². The average Bonchev–Trinajstić information content (AvgIpc) is 3.00. The Morgan fingerprint density at radius 1 is 1.32 bits per heavy atom. The third kappa shape index (κ3) is 2.93. The number of rotatable bonds is 4. The van der Waals surface area contributed by atoms with Crippen LogP contribution in [0.5, 0.6) is 0 Å². The number of halogens is 1. The molecule has 0 spiro atoms. The van der Waals surface area contributed by atoms with Crippen LogP contribution in [-0.2, 0) is 6.54 Å². The molecule has 22 heavy (non-hydrogen) atoms. The van der Waals surface area contributed by atoms with Crippen molar-refractivity contribution in [3.05, 3.63) is 68.9 Å². The summed E-state index contributed by atoms with van der Waals surface area (Å²) in [7, 11) is 0. The van der Waals surface area contributed by atoms with Gasteiger partial charge in [0.15, 0.2) is 0 Å². The molecule has 1 atom stereocenters. The molecule has 1 aromatic carbocycles. The van der Waals surface area contributed by atoms with E-state index in [4.69, 9.17) is 20.4 Å². The van der Waals surface area contributed by atoms with Gasteiger partial charge in [0.1, 0.15) is 11.3 Å². The summed E-state index contributed by atoms with van der Waals surface area (Å²) in [6.07, 6.45) is 1.64. The van der Waals surface area contributed by atoms with Crippen molar-refractivity contribution in [3.8, 4) is 0 Å². The number of aryl methyl sites for hydroxylation is 1. The Hall–Kier alpha value is -2.04. The molecule has 1 N–H and O–H groups in total. The molecule has 0 aliphatic carbocycles. The van der Waals surface area contributed by atoms with Crippen LogP contribution in [0.2, 0.25) is 5.02 Å². The molecule has 5 heteroatoms. The number of nitrogens with one attached hydrogen (secondary N) is 1. The molecule has 0 amide bonds. The highest BCUT2D eigenvalue weighted by atomic mass is 35.5. The van der Waals surface area contributed by atoms with Crippen LogP contribution in [-0.4, -0.2) is 0 Å². The fraction of sp³-hybridized carbons (Fsp3) is 0.235. The summed E-state index contributed by atoms with van der Waals surface area (Å²) in [5.41, 5.74) is 1.92. The highest BCUT2D eigenvalue weighted by molar-refractivity contribution is 6.32. The van der Waals surface area contributed by atoms with E-state index in [2.05, 4.69) is 5.32 Å². The van der Waals surface area contributed by atoms with Gasteiger partial charge < -0.3 is 14.2 Å². The Morgan fingerprint density at radius 2 is 2.14 bits per heavy atom. The van der Waals surface area contributed by atoms with Crippen LogP contribution in [0.3, 0.4) is 0 Å².